The smallest absolute Gasteiger partial charge is 0.407 e. The maximum atomic E-state index is 13.1. The van der Waals surface area contributed by atoms with Gasteiger partial charge in [0.1, 0.15) is 6.61 Å². The Morgan fingerprint density at radius 1 is 1.00 bits per heavy atom. The highest BCUT2D eigenvalue weighted by atomic mass is 16.6. The molecule has 2 heterocycles. The molecule has 35 heavy (non-hydrogen) atoms. The number of fused-ring (bicyclic) bond motifs is 4. The number of carbonyl (C=O) groups is 3. The lowest BCUT2D eigenvalue weighted by atomic mass is 9.98. The molecule has 8 heteroatoms. The van der Waals surface area contributed by atoms with Crippen LogP contribution in [0.2, 0.25) is 0 Å². The van der Waals surface area contributed by atoms with Crippen molar-refractivity contribution in [1.29, 1.82) is 0 Å². The highest BCUT2D eigenvalue weighted by Gasteiger charge is 2.58. The van der Waals surface area contributed by atoms with Gasteiger partial charge in [0.15, 0.2) is 6.10 Å². The lowest BCUT2D eigenvalue weighted by Crippen LogP contribution is -2.51. The highest BCUT2D eigenvalue weighted by Crippen LogP contribution is 2.51. The third-order valence-electron chi connectivity index (χ3n) is 8.07. The summed E-state index contributed by atoms with van der Waals surface area (Å²) in [5.41, 5.74) is 4.61. The Balaban J connectivity index is 1.07. The number of aliphatic carboxylic acids is 1. The van der Waals surface area contributed by atoms with Gasteiger partial charge < -0.3 is 24.8 Å². The summed E-state index contributed by atoms with van der Waals surface area (Å²) in [4.78, 5) is 38.9. The second-order valence-corrected chi connectivity index (χ2v) is 9.92. The van der Waals surface area contributed by atoms with Gasteiger partial charge in [0.25, 0.3) is 5.91 Å². The molecular formula is C27H28N2O6. The number of hydrogen-bond donors (Lipinski definition) is 2. The van der Waals surface area contributed by atoms with Crippen LogP contribution in [0.1, 0.15) is 29.9 Å². The molecule has 8 nitrogen and oxygen atoms in total. The maximum Gasteiger partial charge on any atom is 0.407 e. The molecule has 2 aromatic rings. The van der Waals surface area contributed by atoms with E-state index < -0.39 is 24.2 Å². The van der Waals surface area contributed by atoms with E-state index in [0.29, 0.717) is 32.5 Å². The Morgan fingerprint density at radius 3 is 2.37 bits per heavy atom. The van der Waals surface area contributed by atoms with E-state index in [4.69, 9.17) is 9.47 Å². The van der Waals surface area contributed by atoms with Gasteiger partial charge in [-0.2, -0.15) is 0 Å². The molecule has 182 valence electrons. The molecule has 2 N–H and O–H groups in total. The number of nitrogens with zero attached hydrogens (tertiary/aromatic N) is 1. The minimum absolute atomic E-state index is 0.0279. The van der Waals surface area contributed by atoms with Crippen molar-refractivity contribution in [3.63, 3.8) is 0 Å². The zero-order valence-electron chi connectivity index (χ0n) is 19.3. The van der Waals surface area contributed by atoms with Crippen molar-refractivity contribution in [2.24, 2.45) is 17.8 Å². The number of carbonyl (C=O) groups excluding carboxylic acids is 2. The van der Waals surface area contributed by atoms with E-state index in [-0.39, 0.29) is 36.2 Å². The summed E-state index contributed by atoms with van der Waals surface area (Å²) in [7, 11) is 0. The summed E-state index contributed by atoms with van der Waals surface area (Å²) in [5, 5.41) is 12.2. The number of likely N-dealkylation sites (tertiary alicyclic amines) is 1. The molecular weight excluding hydrogens is 448 g/mol. The van der Waals surface area contributed by atoms with Crippen molar-refractivity contribution in [3.8, 4) is 11.1 Å². The molecule has 0 aromatic heterocycles. The van der Waals surface area contributed by atoms with Crippen molar-refractivity contribution in [3.05, 3.63) is 59.7 Å². The number of nitrogens with one attached hydrogen (secondary N) is 1. The molecule has 6 rings (SSSR count). The van der Waals surface area contributed by atoms with E-state index in [9.17, 15) is 19.5 Å². The second kappa shape index (κ2) is 8.68. The number of alkyl carbamates (subject to hydrolysis) is 1. The fourth-order valence-electron chi connectivity index (χ4n) is 6.26. The zero-order chi connectivity index (χ0) is 24.1. The van der Waals surface area contributed by atoms with E-state index in [2.05, 4.69) is 29.6 Å². The van der Waals surface area contributed by atoms with Crippen molar-refractivity contribution < 1.29 is 29.0 Å². The Kier molecular flexibility index (Phi) is 5.48. The van der Waals surface area contributed by atoms with E-state index in [0.717, 1.165) is 22.3 Å². The molecule has 2 aliphatic carbocycles. The Morgan fingerprint density at radius 2 is 1.69 bits per heavy atom. The largest absolute Gasteiger partial charge is 0.481 e. The van der Waals surface area contributed by atoms with Crippen LogP contribution >= 0.6 is 0 Å². The van der Waals surface area contributed by atoms with Gasteiger partial charge in [0, 0.05) is 25.6 Å². The molecule has 4 aliphatic rings. The second-order valence-electron chi connectivity index (χ2n) is 9.92. The van der Waals surface area contributed by atoms with Crippen LogP contribution < -0.4 is 5.32 Å². The summed E-state index contributed by atoms with van der Waals surface area (Å²) < 4.78 is 11.3. The van der Waals surface area contributed by atoms with E-state index in [1.165, 1.54) is 0 Å². The monoisotopic (exact) mass is 476 g/mol. The number of rotatable bonds is 5. The lowest BCUT2D eigenvalue weighted by molar-refractivity contribution is -0.143. The van der Waals surface area contributed by atoms with Crippen LogP contribution in [0.5, 0.6) is 0 Å². The Bertz CT molecular complexity index is 1140. The van der Waals surface area contributed by atoms with Crippen molar-refractivity contribution >= 4 is 18.0 Å². The van der Waals surface area contributed by atoms with E-state index in [1.54, 1.807) is 4.90 Å². The van der Waals surface area contributed by atoms with Crippen LogP contribution in [0.25, 0.3) is 11.1 Å². The van der Waals surface area contributed by atoms with Gasteiger partial charge in [0.2, 0.25) is 0 Å². The van der Waals surface area contributed by atoms with Gasteiger partial charge in [-0.25, -0.2) is 4.79 Å². The molecule has 2 aliphatic heterocycles. The van der Waals surface area contributed by atoms with Crippen molar-refractivity contribution in [2.75, 3.05) is 26.3 Å². The van der Waals surface area contributed by atoms with Gasteiger partial charge in [-0.3, -0.25) is 9.59 Å². The number of amides is 2. The van der Waals surface area contributed by atoms with Gasteiger partial charge in [-0.1, -0.05) is 48.5 Å². The molecule has 1 saturated carbocycles. The number of carboxylic acids is 1. The average Bonchev–Trinajstić information content (AvgIpc) is 3.27. The van der Waals surface area contributed by atoms with Crippen LogP contribution in [0, 0.1) is 17.8 Å². The number of benzene rings is 2. The van der Waals surface area contributed by atoms with Gasteiger partial charge in [-0.15, -0.1) is 0 Å². The molecule has 2 amide bonds. The van der Waals surface area contributed by atoms with Crippen LogP contribution in [-0.4, -0.2) is 66.4 Å². The Hall–Kier alpha value is -3.39. The molecule has 5 atom stereocenters. The number of hydrogen-bond acceptors (Lipinski definition) is 5. The molecule has 3 unspecified atom stereocenters. The summed E-state index contributed by atoms with van der Waals surface area (Å²) in [5.74, 6) is -1.13. The number of carboxylic acid groups (broad SMARTS) is 1. The standard InChI is InChI=1S/C27H28N2O6/c30-25(29-11-9-19-20(13-29)23(19)26(31)32)24-22(10-12-34-24)28-27(33)35-14-21-17-7-3-1-5-15(17)16-6-2-4-8-18(16)21/h1-8,19-24H,9-14H2,(H,28,33)(H,31,32)/t19-,20+,22?,23?,24?/m1/s1. The third kappa shape index (κ3) is 3.86. The Labute approximate surface area is 203 Å². The fourth-order valence-corrected chi connectivity index (χ4v) is 6.26. The minimum atomic E-state index is -0.777. The van der Waals surface area contributed by atoms with Gasteiger partial charge >= 0.3 is 12.1 Å². The SMILES string of the molecule is O=C(NC1CCOC1C(=O)N1CC[C@H]2C(C(=O)O)[C@H]2C1)OCC1c2ccccc2-c2ccccc21. The maximum absolute atomic E-state index is 13.1. The van der Waals surface area contributed by atoms with Gasteiger partial charge in [0.05, 0.1) is 12.0 Å². The first kappa shape index (κ1) is 22.1. The summed E-state index contributed by atoms with van der Waals surface area (Å²) in [6.07, 6.45) is -0.107. The predicted molar refractivity (Wildman–Crippen MR) is 126 cm³/mol. The first-order valence-electron chi connectivity index (χ1n) is 12.3. The molecule has 0 spiro atoms. The predicted octanol–water partition coefficient (Wildman–Crippen LogP) is 2.86. The first-order valence-corrected chi connectivity index (χ1v) is 12.3. The van der Waals surface area contributed by atoms with E-state index in [1.807, 2.05) is 24.3 Å². The molecule has 0 bridgehead atoms. The summed E-state index contributed by atoms with van der Waals surface area (Å²) in [6.45, 7) is 1.56. The normalized spacial score (nSPS) is 28.6. The van der Waals surface area contributed by atoms with Crippen LogP contribution in [0.4, 0.5) is 4.79 Å². The van der Waals surface area contributed by atoms with Crippen LogP contribution in [-0.2, 0) is 19.1 Å². The number of ether oxygens (including phenoxy) is 2. The molecule has 3 fully saturated rings. The lowest BCUT2D eigenvalue weighted by Gasteiger charge is -2.30. The van der Waals surface area contributed by atoms with E-state index >= 15 is 0 Å². The fraction of sp³-hybridized carbons (Fsp3) is 0.444. The zero-order valence-corrected chi connectivity index (χ0v) is 19.3. The minimum Gasteiger partial charge on any atom is -0.481 e. The van der Waals surface area contributed by atoms with Gasteiger partial charge in [-0.05, 0) is 46.9 Å². The highest BCUT2D eigenvalue weighted by molar-refractivity contribution is 5.84. The third-order valence-corrected chi connectivity index (χ3v) is 8.07. The topological polar surface area (TPSA) is 105 Å². The molecule has 2 aromatic carbocycles. The van der Waals surface area contributed by atoms with Crippen molar-refractivity contribution in [1.82, 2.24) is 10.2 Å². The first-order chi connectivity index (χ1) is 17.0. The average molecular weight is 477 g/mol. The summed E-state index contributed by atoms with van der Waals surface area (Å²) in [6, 6.07) is 15.8. The quantitative estimate of drug-likeness (QED) is 0.688. The molecule has 0 radical (unpaired) electrons. The van der Waals surface area contributed by atoms with Crippen LogP contribution in [0.3, 0.4) is 0 Å². The van der Waals surface area contributed by atoms with Crippen molar-refractivity contribution in [2.45, 2.75) is 30.9 Å². The molecule has 2 saturated heterocycles. The summed E-state index contributed by atoms with van der Waals surface area (Å²) >= 11 is 0. The van der Waals surface area contributed by atoms with Crippen LogP contribution in [0.15, 0.2) is 48.5 Å². The number of piperidine rings is 1.